The van der Waals surface area contributed by atoms with Crippen LogP contribution in [0.5, 0.6) is 11.5 Å². The molecule has 1 aliphatic rings. The van der Waals surface area contributed by atoms with E-state index in [1.165, 1.54) is 6.07 Å². The molecule has 0 saturated carbocycles. The molecule has 52 heavy (non-hydrogen) atoms. The second-order valence-corrected chi connectivity index (χ2v) is 13.1. The molecular formula is C42H37ClO9. The van der Waals surface area contributed by atoms with Gasteiger partial charge in [-0.3, -0.25) is 4.79 Å². The minimum absolute atomic E-state index is 0.0273. The molecule has 1 saturated heterocycles. The van der Waals surface area contributed by atoms with E-state index in [1.54, 1.807) is 24.3 Å². The quantitative estimate of drug-likeness (QED) is 0.116. The van der Waals surface area contributed by atoms with E-state index in [0.29, 0.717) is 10.6 Å². The molecule has 0 spiro atoms. The van der Waals surface area contributed by atoms with Crippen molar-refractivity contribution in [2.45, 2.75) is 50.3 Å². The third-order valence-electron chi connectivity index (χ3n) is 9.03. The lowest BCUT2D eigenvalue weighted by molar-refractivity contribution is -0.263. The van der Waals surface area contributed by atoms with Crippen molar-refractivity contribution in [2.75, 3.05) is 6.61 Å². The molecule has 0 radical (unpaired) electrons. The predicted octanol–water partition coefficient (Wildman–Crippen LogP) is 7.71. The summed E-state index contributed by atoms with van der Waals surface area (Å²) in [4.78, 5) is 13.5. The van der Waals surface area contributed by atoms with Gasteiger partial charge in [0.1, 0.15) is 53.2 Å². The van der Waals surface area contributed by atoms with Crippen LogP contribution in [-0.4, -0.2) is 46.3 Å². The third kappa shape index (κ3) is 7.90. The summed E-state index contributed by atoms with van der Waals surface area (Å²) in [5.41, 5.74) is 2.53. The molecular weight excluding hydrogens is 684 g/mol. The van der Waals surface area contributed by atoms with Gasteiger partial charge < -0.3 is 38.7 Å². The number of hydrogen-bond acceptors (Lipinski definition) is 9. The minimum atomic E-state index is -1.45. The molecule has 1 fully saturated rings. The van der Waals surface area contributed by atoms with E-state index in [1.807, 2.05) is 91.0 Å². The Kier molecular flexibility index (Phi) is 11.0. The third-order valence-corrected chi connectivity index (χ3v) is 9.29. The molecule has 0 unspecified atom stereocenters. The molecule has 5 atom stereocenters. The van der Waals surface area contributed by atoms with E-state index in [-0.39, 0.29) is 48.7 Å². The van der Waals surface area contributed by atoms with Gasteiger partial charge in [0.2, 0.25) is 0 Å². The number of ether oxygens (including phenoxy) is 4. The number of aromatic hydroxyl groups is 2. The highest BCUT2D eigenvalue weighted by molar-refractivity contribution is 6.30. The van der Waals surface area contributed by atoms with Crippen LogP contribution in [-0.2, 0) is 38.8 Å². The van der Waals surface area contributed by atoms with Crippen molar-refractivity contribution in [3.8, 4) is 22.8 Å². The SMILES string of the molecule is O=c1cc(-c2ccc(Cl)cc2)oc2c([C@@H]3O[C@H](COCc4ccccc4)[C@@H](OCc4ccccc4)[C@H](OCc4ccccc4)[C@H]3O)c(O)cc(O)c12. The number of phenols is 2. The van der Waals surface area contributed by atoms with Gasteiger partial charge >= 0.3 is 0 Å². The average molecular weight is 721 g/mol. The molecule has 5 aromatic carbocycles. The smallest absolute Gasteiger partial charge is 0.197 e. The number of halogens is 1. The molecule has 1 aliphatic heterocycles. The Balaban J connectivity index is 1.31. The van der Waals surface area contributed by atoms with Gasteiger partial charge in [0, 0.05) is 22.7 Å². The van der Waals surface area contributed by atoms with Crippen LogP contribution in [0.3, 0.4) is 0 Å². The highest BCUT2D eigenvalue weighted by atomic mass is 35.5. The zero-order valence-electron chi connectivity index (χ0n) is 28.0. The monoisotopic (exact) mass is 720 g/mol. The maximum absolute atomic E-state index is 13.5. The number of benzene rings is 5. The number of hydrogen-bond donors (Lipinski definition) is 3. The Hall–Kier alpha value is -5.00. The maximum atomic E-state index is 13.5. The van der Waals surface area contributed by atoms with Gasteiger partial charge in [0.25, 0.3) is 0 Å². The molecule has 2 heterocycles. The molecule has 0 amide bonds. The van der Waals surface area contributed by atoms with Gasteiger partial charge in [0.15, 0.2) is 11.0 Å². The molecule has 0 bridgehead atoms. The van der Waals surface area contributed by atoms with E-state index in [4.69, 9.17) is 35.0 Å². The van der Waals surface area contributed by atoms with E-state index in [9.17, 15) is 20.1 Å². The Bertz CT molecular complexity index is 2140. The number of aliphatic hydroxyl groups is 1. The summed E-state index contributed by atoms with van der Waals surface area (Å²) in [6.07, 6.45) is -5.45. The van der Waals surface area contributed by atoms with Crippen LogP contribution in [0.4, 0.5) is 0 Å². The lowest BCUT2D eigenvalue weighted by atomic mass is 9.89. The summed E-state index contributed by atoms with van der Waals surface area (Å²) in [7, 11) is 0. The van der Waals surface area contributed by atoms with Gasteiger partial charge in [0.05, 0.1) is 32.0 Å². The number of aliphatic hydroxyl groups excluding tert-OH is 1. The first-order chi connectivity index (χ1) is 25.4. The average Bonchev–Trinajstić information content (AvgIpc) is 3.16. The molecule has 7 rings (SSSR count). The zero-order chi connectivity index (χ0) is 36.0. The van der Waals surface area contributed by atoms with Crippen molar-refractivity contribution in [1.82, 2.24) is 0 Å². The first-order valence-corrected chi connectivity index (χ1v) is 17.3. The summed E-state index contributed by atoms with van der Waals surface area (Å²) in [6.45, 7) is 0.636. The van der Waals surface area contributed by atoms with Crippen LogP contribution in [0.25, 0.3) is 22.3 Å². The molecule has 10 heteroatoms. The molecule has 6 aromatic rings. The fraction of sp³-hybridized carbons (Fsp3) is 0.214. The van der Waals surface area contributed by atoms with E-state index in [0.717, 1.165) is 22.8 Å². The fourth-order valence-electron chi connectivity index (χ4n) is 6.45. The van der Waals surface area contributed by atoms with Gasteiger partial charge in [-0.15, -0.1) is 0 Å². The zero-order valence-corrected chi connectivity index (χ0v) is 28.8. The standard InChI is InChI=1S/C42H37ClO9/c43-30-18-16-29(17-19-30)34-21-33(46)36-31(44)20-32(45)37(40(36)51-34)41-38(47)42(50-24-28-14-8-3-9-15-28)39(49-23-27-12-6-2-7-13-27)35(52-41)25-48-22-26-10-4-1-5-11-26/h1-21,35,38-39,41-42,44-45,47H,22-25H2/t35-,38+,39-,41+,42-/m1/s1. The lowest BCUT2D eigenvalue weighted by Crippen LogP contribution is -2.57. The van der Waals surface area contributed by atoms with Crippen molar-refractivity contribution in [3.63, 3.8) is 0 Å². The normalized spacial score (nSPS) is 20.2. The Morgan fingerprint density at radius 3 is 1.83 bits per heavy atom. The largest absolute Gasteiger partial charge is 0.507 e. The Morgan fingerprint density at radius 2 is 1.23 bits per heavy atom. The minimum Gasteiger partial charge on any atom is -0.507 e. The molecule has 1 aromatic heterocycles. The first-order valence-electron chi connectivity index (χ1n) is 16.9. The highest BCUT2D eigenvalue weighted by Crippen LogP contribution is 2.45. The molecule has 266 valence electrons. The second-order valence-electron chi connectivity index (χ2n) is 12.6. The van der Waals surface area contributed by atoms with Crippen LogP contribution < -0.4 is 5.43 Å². The number of rotatable bonds is 12. The first kappa shape index (κ1) is 35.4. The van der Waals surface area contributed by atoms with Crippen LogP contribution in [0.1, 0.15) is 28.4 Å². The van der Waals surface area contributed by atoms with Gasteiger partial charge in [-0.2, -0.15) is 0 Å². The van der Waals surface area contributed by atoms with Crippen LogP contribution >= 0.6 is 11.6 Å². The molecule has 3 N–H and O–H groups in total. The molecule has 9 nitrogen and oxygen atoms in total. The van der Waals surface area contributed by atoms with E-state index >= 15 is 0 Å². The molecule has 0 aliphatic carbocycles. The van der Waals surface area contributed by atoms with Crippen LogP contribution in [0.15, 0.2) is 137 Å². The summed E-state index contributed by atoms with van der Waals surface area (Å²) in [6, 6.07) is 37.8. The van der Waals surface area contributed by atoms with Crippen molar-refractivity contribution < 1.29 is 38.7 Å². The number of fused-ring (bicyclic) bond motifs is 1. The Morgan fingerprint density at radius 1 is 0.673 bits per heavy atom. The van der Waals surface area contributed by atoms with Crippen molar-refractivity contribution in [1.29, 1.82) is 0 Å². The van der Waals surface area contributed by atoms with Crippen molar-refractivity contribution >= 4 is 22.6 Å². The predicted molar refractivity (Wildman–Crippen MR) is 196 cm³/mol. The van der Waals surface area contributed by atoms with Crippen molar-refractivity contribution in [2.24, 2.45) is 0 Å². The fourth-order valence-corrected chi connectivity index (χ4v) is 6.57. The Labute approximate surface area is 305 Å². The van der Waals surface area contributed by atoms with E-state index in [2.05, 4.69) is 0 Å². The summed E-state index contributed by atoms with van der Waals surface area (Å²) >= 11 is 6.11. The van der Waals surface area contributed by atoms with Gasteiger partial charge in [-0.25, -0.2) is 0 Å². The summed E-state index contributed by atoms with van der Waals surface area (Å²) in [5, 5.41) is 34.8. The highest BCUT2D eigenvalue weighted by Gasteiger charge is 2.49. The van der Waals surface area contributed by atoms with Gasteiger partial charge in [-0.05, 0) is 41.0 Å². The number of phenolic OH excluding ortho intramolecular Hbond substituents is 2. The topological polar surface area (TPSA) is 128 Å². The summed E-state index contributed by atoms with van der Waals surface area (Å²) < 4.78 is 32.1. The lowest BCUT2D eigenvalue weighted by Gasteiger charge is -2.44. The maximum Gasteiger partial charge on any atom is 0.197 e. The van der Waals surface area contributed by atoms with Crippen LogP contribution in [0, 0.1) is 0 Å². The second kappa shape index (κ2) is 16.1. The van der Waals surface area contributed by atoms with Crippen molar-refractivity contribution in [3.05, 3.63) is 165 Å². The van der Waals surface area contributed by atoms with E-state index < -0.39 is 47.4 Å². The van der Waals surface area contributed by atoms with Gasteiger partial charge in [-0.1, -0.05) is 103 Å². The van der Waals surface area contributed by atoms with Crippen LogP contribution in [0.2, 0.25) is 5.02 Å². The summed E-state index contributed by atoms with van der Waals surface area (Å²) in [5.74, 6) is -0.768.